The van der Waals surface area contributed by atoms with Gasteiger partial charge in [0.15, 0.2) is 0 Å². The lowest BCUT2D eigenvalue weighted by Gasteiger charge is -2.29. The molecular formula is C13H19NO2S. The van der Waals surface area contributed by atoms with Crippen LogP contribution in [0, 0.1) is 0 Å². The van der Waals surface area contributed by atoms with Crippen molar-refractivity contribution in [3.05, 3.63) is 29.8 Å². The van der Waals surface area contributed by atoms with Crippen LogP contribution in [0.15, 0.2) is 29.2 Å². The van der Waals surface area contributed by atoms with Crippen molar-refractivity contribution in [3.63, 3.8) is 0 Å². The topological polar surface area (TPSA) is 49.3 Å². The number of aliphatic hydroxyl groups excluding tert-OH is 1. The van der Waals surface area contributed by atoms with Gasteiger partial charge in [-0.15, -0.1) is 11.8 Å². The van der Waals surface area contributed by atoms with E-state index in [0.717, 1.165) is 4.90 Å². The van der Waals surface area contributed by atoms with Crippen molar-refractivity contribution in [1.82, 2.24) is 5.32 Å². The van der Waals surface area contributed by atoms with Crippen LogP contribution in [0.5, 0.6) is 0 Å². The normalized spacial score (nSPS) is 13.2. The van der Waals surface area contributed by atoms with Gasteiger partial charge in [-0.3, -0.25) is 4.79 Å². The van der Waals surface area contributed by atoms with Gasteiger partial charge in [-0.25, -0.2) is 0 Å². The molecule has 0 bridgehead atoms. The fourth-order valence-corrected chi connectivity index (χ4v) is 1.62. The molecule has 4 heteroatoms. The summed E-state index contributed by atoms with van der Waals surface area (Å²) in [6, 6.07) is 7.41. The summed E-state index contributed by atoms with van der Waals surface area (Å²) in [7, 11) is 0. The van der Waals surface area contributed by atoms with E-state index in [4.69, 9.17) is 0 Å². The largest absolute Gasteiger partial charge is 0.391 e. The van der Waals surface area contributed by atoms with E-state index in [1.807, 2.05) is 18.4 Å². The van der Waals surface area contributed by atoms with Gasteiger partial charge in [0, 0.05) is 10.5 Å². The summed E-state index contributed by atoms with van der Waals surface area (Å²) in [5.74, 6) is -0.163. The lowest BCUT2D eigenvalue weighted by atomic mass is 9.98. The highest BCUT2D eigenvalue weighted by molar-refractivity contribution is 7.98. The molecule has 1 aromatic carbocycles. The first-order chi connectivity index (χ1) is 7.86. The number of carbonyl (C=O) groups is 1. The molecule has 1 rings (SSSR count). The summed E-state index contributed by atoms with van der Waals surface area (Å²) >= 11 is 1.64. The fraction of sp³-hybridized carbons (Fsp3) is 0.462. The highest BCUT2D eigenvalue weighted by atomic mass is 32.2. The van der Waals surface area contributed by atoms with Crippen LogP contribution in [0.3, 0.4) is 0 Å². The second-order valence-electron chi connectivity index (χ2n) is 4.58. The molecule has 0 heterocycles. The van der Waals surface area contributed by atoms with E-state index in [0.29, 0.717) is 5.56 Å². The van der Waals surface area contributed by atoms with Gasteiger partial charge in [-0.2, -0.15) is 0 Å². The van der Waals surface area contributed by atoms with Crippen LogP contribution < -0.4 is 5.32 Å². The Bertz CT molecular complexity index is 385. The Kier molecular flexibility index (Phi) is 4.60. The molecule has 0 saturated heterocycles. The average molecular weight is 253 g/mol. The predicted octanol–water partition coefficient (Wildman–Crippen LogP) is 2.30. The van der Waals surface area contributed by atoms with Crippen molar-refractivity contribution in [1.29, 1.82) is 0 Å². The monoisotopic (exact) mass is 253 g/mol. The second-order valence-corrected chi connectivity index (χ2v) is 5.46. The molecule has 0 radical (unpaired) electrons. The van der Waals surface area contributed by atoms with Crippen molar-refractivity contribution in [2.75, 3.05) is 6.26 Å². The first-order valence-corrected chi connectivity index (χ1v) is 6.74. The maximum Gasteiger partial charge on any atom is 0.251 e. The molecule has 0 aromatic heterocycles. The van der Waals surface area contributed by atoms with Gasteiger partial charge in [0.2, 0.25) is 0 Å². The third kappa shape index (κ3) is 3.75. The Balaban J connectivity index is 2.76. The van der Waals surface area contributed by atoms with E-state index < -0.39 is 11.6 Å². The molecule has 17 heavy (non-hydrogen) atoms. The first kappa shape index (κ1) is 14.1. The molecule has 1 amide bonds. The van der Waals surface area contributed by atoms with E-state index in [1.165, 1.54) is 0 Å². The smallest absolute Gasteiger partial charge is 0.251 e. The van der Waals surface area contributed by atoms with Crippen LogP contribution in [0.4, 0.5) is 0 Å². The number of benzene rings is 1. The number of nitrogens with one attached hydrogen (secondary N) is 1. The number of carbonyl (C=O) groups excluding carboxylic acids is 1. The summed E-state index contributed by atoms with van der Waals surface area (Å²) in [4.78, 5) is 13.1. The Morgan fingerprint density at radius 3 is 2.29 bits per heavy atom. The van der Waals surface area contributed by atoms with Crippen molar-refractivity contribution in [2.24, 2.45) is 0 Å². The first-order valence-electron chi connectivity index (χ1n) is 5.51. The lowest BCUT2D eigenvalue weighted by molar-refractivity contribution is 0.0709. The molecule has 0 fully saturated rings. The van der Waals surface area contributed by atoms with Crippen molar-refractivity contribution >= 4 is 17.7 Å². The minimum Gasteiger partial charge on any atom is -0.391 e. The second kappa shape index (κ2) is 5.56. The number of rotatable bonds is 4. The van der Waals surface area contributed by atoms with Gasteiger partial charge < -0.3 is 10.4 Å². The van der Waals surface area contributed by atoms with Gasteiger partial charge in [0.1, 0.15) is 0 Å². The maximum absolute atomic E-state index is 11.9. The number of thioether (sulfide) groups is 1. The van der Waals surface area contributed by atoms with Crippen LogP contribution >= 0.6 is 11.8 Å². The zero-order chi connectivity index (χ0) is 13.1. The quantitative estimate of drug-likeness (QED) is 0.810. The summed E-state index contributed by atoms with van der Waals surface area (Å²) in [6.07, 6.45) is 1.39. The Hall–Kier alpha value is -1.00. The van der Waals surface area contributed by atoms with E-state index >= 15 is 0 Å². The number of hydrogen-bond donors (Lipinski definition) is 2. The third-order valence-corrected chi connectivity index (χ3v) is 3.58. The molecule has 3 nitrogen and oxygen atoms in total. The van der Waals surface area contributed by atoms with Gasteiger partial charge in [0.05, 0.1) is 11.6 Å². The van der Waals surface area contributed by atoms with E-state index in [1.54, 1.807) is 44.7 Å². The summed E-state index contributed by atoms with van der Waals surface area (Å²) in [5, 5.41) is 12.4. The molecule has 1 unspecified atom stereocenters. The van der Waals surface area contributed by atoms with E-state index in [-0.39, 0.29) is 5.91 Å². The Morgan fingerprint density at radius 1 is 1.35 bits per heavy atom. The SMILES string of the molecule is CSc1ccc(C(=O)NC(C)(C)C(C)O)cc1. The summed E-state index contributed by atoms with van der Waals surface area (Å²) in [5.41, 5.74) is -0.0218. The maximum atomic E-state index is 11.9. The average Bonchev–Trinajstić information content (AvgIpc) is 2.28. The molecule has 94 valence electrons. The minimum absolute atomic E-state index is 0.163. The molecule has 0 aliphatic carbocycles. The van der Waals surface area contributed by atoms with Gasteiger partial charge in [-0.1, -0.05) is 0 Å². The van der Waals surface area contributed by atoms with Crippen molar-refractivity contribution < 1.29 is 9.90 Å². The number of hydrogen-bond acceptors (Lipinski definition) is 3. The van der Waals surface area contributed by atoms with Gasteiger partial charge in [-0.05, 0) is 51.3 Å². The van der Waals surface area contributed by atoms with Gasteiger partial charge >= 0.3 is 0 Å². The van der Waals surface area contributed by atoms with Gasteiger partial charge in [0.25, 0.3) is 5.91 Å². The van der Waals surface area contributed by atoms with Crippen molar-refractivity contribution in [3.8, 4) is 0 Å². The standard InChI is InChI=1S/C13H19NO2S/c1-9(15)13(2,3)14-12(16)10-5-7-11(17-4)8-6-10/h5-9,15H,1-4H3,(H,14,16). The molecule has 1 aromatic rings. The minimum atomic E-state index is -0.630. The molecule has 1 atom stereocenters. The summed E-state index contributed by atoms with van der Waals surface area (Å²) < 4.78 is 0. The molecule has 0 spiro atoms. The van der Waals surface area contributed by atoms with Crippen LogP contribution in [-0.2, 0) is 0 Å². The highest BCUT2D eigenvalue weighted by Gasteiger charge is 2.26. The van der Waals surface area contributed by atoms with Crippen LogP contribution in [0.25, 0.3) is 0 Å². The van der Waals surface area contributed by atoms with Crippen LogP contribution in [0.2, 0.25) is 0 Å². The van der Waals surface area contributed by atoms with Crippen LogP contribution in [0.1, 0.15) is 31.1 Å². The van der Waals surface area contributed by atoms with Crippen LogP contribution in [-0.4, -0.2) is 28.9 Å². The lowest BCUT2D eigenvalue weighted by Crippen LogP contribution is -2.50. The van der Waals surface area contributed by atoms with E-state index in [2.05, 4.69) is 5.32 Å². The summed E-state index contributed by atoms with van der Waals surface area (Å²) in [6.45, 7) is 5.26. The predicted molar refractivity (Wildman–Crippen MR) is 71.4 cm³/mol. The Labute approximate surface area is 107 Å². The third-order valence-electron chi connectivity index (χ3n) is 2.83. The molecule has 2 N–H and O–H groups in total. The number of amides is 1. The fourth-order valence-electron chi connectivity index (χ4n) is 1.21. The Morgan fingerprint density at radius 2 is 1.88 bits per heavy atom. The zero-order valence-corrected chi connectivity index (χ0v) is 11.5. The molecule has 0 aliphatic heterocycles. The molecule has 0 aliphatic rings. The molecular weight excluding hydrogens is 234 g/mol. The van der Waals surface area contributed by atoms with E-state index in [9.17, 15) is 9.90 Å². The number of aliphatic hydroxyl groups is 1. The van der Waals surface area contributed by atoms with Crippen molar-refractivity contribution in [2.45, 2.75) is 37.3 Å². The zero-order valence-electron chi connectivity index (χ0n) is 10.7. The highest BCUT2D eigenvalue weighted by Crippen LogP contribution is 2.16. The molecule has 0 saturated carbocycles.